The van der Waals surface area contributed by atoms with E-state index >= 15 is 0 Å². The average molecular weight is 468 g/mol. The Morgan fingerprint density at radius 1 is 1.03 bits per heavy atom. The van der Waals surface area contributed by atoms with Crippen LogP contribution in [0.4, 0.5) is 10.1 Å². The van der Waals surface area contributed by atoms with Crippen LogP contribution in [0.15, 0.2) is 71.6 Å². The smallest absolute Gasteiger partial charge is 0.240 e. The summed E-state index contributed by atoms with van der Waals surface area (Å²) in [6.07, 6.45) is 0.923. The summed E-state index contributed by atoms with van der Waals surface area (Å²) >= 11 is 0. The molecule has 0 amide bonds. The topological polar surface area (TPSA) is 52.7 Å². The normalized spacial score (nSPS) is 15.2. The maximum Gasteiger partial charge on any atom is 0.240 e. The van der Waals surface area contributed by atoms with Crippen LogP contribution in [0.3, 0.4) is 0 Å². The van der Waals surface area contributed by atoms with E-state index in [0.29, 0.717) is 5.56 Å². The van der Waals surface area contributed by atoms with Gasteiger partial charge in [0.2, 0.25) is 10.0 Å². The van der Waals surface area contributed by atoms with Crippen LogP contribution >= 0.6 is 0 Å². The standard InChI is InChI=1S/C26H30FN3O2S/c1-19-16-24(12-13-25(19)27)33(31,32)28-17-26(21-8-10-23(11-9-21)29(2)3)30-15-14-20-6-4-5-7-22(20)18-30/h4-13,16,26,28H,14-15,17-18H2,1-3H3. The molecule has 1 aliphatic heterocycles. The zero-order valence-electron chi connectivity index (χ0n) is 19.3. The first-order chi connectivity index (χ1) is 15.7. The fourth-order valence-corrected chi connectivity index (χ4v) is 5.42. The first kappa shape index (κ1) is 23.4. The van der Waals surface area contributed by atoms with Crippen LogP contribution in [0, 0.1) is 12.7 Å². The number of halogens is 1. The van der Waals surface area contributed by atoms with E-state index in [2.05, 4.69) is 52.1 Å². The molecule has 0 aliphatic carbocycles. The molecular weight excluding hydrogens is 437 g/mol. The Balaban J connectivity index is 1.60. The molecule has 0 radical (unpaired) electrons. The highest BCUT2D eigenvalue weighted by molar-refractivity contribution is 7.89. The van der Waals surface area contributed by atoms with Gasteiger partial charge in [0.15, 0.2) is 0 Å². The van der Waals surface area contributed by atoms with Gasteiger partial charge in [-0.1, -0.05) is 36.4 Å². The predicted octanol–water partition coefficient (Wildman–Crippen LogP) is 4.28. The molecule has 3 aromatic rings. The molecule has 174 valence electrons. The number of hydrogen-bond acceptors (Lipinski definition) is 4. The summed E-state index contributed by atoms with van der Waals surface area (Å²) in [6.45, 7) is 3.39. The van der Waals surface area contributed by atoms with Crippen molar-refractivity contribution in [1.29, 1.82) is 0 Å². The van der Waals surface area contributed by atoms with Crippen molar-refractivity contribution in [3.8, 4) is 0 Å². The SMILES string of the molecule is Cc1cc(S(=O)(=O)NCC(c2ccc(N(C)C)cc2)N2CCc3ccccc3C2)ccc1F. The molecule has 0 spiro atoms. The molecule has 0 saturated carbocycles. The lowest BCUT2D eigenvalue weighted by Gasteiger charge is -2.36. The Hall–Kier alpha value is -2.74. The second-order valence-corrected chi connectivity index (χ2v) is 10.5. The van der Waals surface area contributed by atoms with Gasteiger partial charge in [-0.05, 0) is 65.9 Å². The summed E-state index contributed by atoms with van der Waals surface area (Å²) in [5.41, 5.74) is 5.07. The summed E-state index contributed by atoms with van der Waals surface area (Å²) in [5.74, 6) is -0.417. The predicted molar refractivity (Wildman–Crippen MR) is 130 cm³/mol. The first-order valence-corrected chi connectivity index (χ1v) is 12.6. The second-order valence-electron chi connectivity index (χ2n) is 8.75. The van der Waals surface area contributed by atoms with Crippen LogP contribution in [0.2, 0.25) is 0 Å². The number of sulfonamides is 1. The lowest BCUT2D eigenvalue weighted by Crippen LogP contribution is -2.40. The Morgan fingerprint density at radius 2 is 1.73 bits per heavy atom. The van der Waals surface area contributed by atoms with Crippen molar-refractivity contribution in [3.05, 3.63) is 94.8 Å². The van der Waals surface area contributed by atoms with Crippen molar-refractivity contribution >= 4 is 15.7 Å². The van der Waals surface area contributed by atoms with Gasteiger partial charge in [-0.15, -0.1) is 0 Å². The molecule has 4 rings (SSSR count). The van der Waals surface area contributed by atoms with E-state index < -0.39 is 15.8 Å². The van der Waals surface area contributed by atoms with Gasteiger partial charge in [0.25, 0.3) is 0 Å². The van der Waals surface area contributed by atoms with Crippen molar-refractivity contribution in [3.63, 3.8) is 0 Å². The van der Waals surface area contributed by atoms with Crippen LogP contribution in [0.5, 0.6) is 0 Å². The van der Waals surface area contributed by atoms with Crippen molar-refractivity contribution in [2.75, 3.05) is 32.1 Å². The third kappa shape index (κ3) is 5.27. The molecule has 3 aromatic carbocycles. The van der Waals surface area contributed by atoms with Gasteiger partial charge < -0.3 is 4.90 Å². The number of benzene rings is 3. The minimum atomic E-state index is -3.77. The monoisotopic (exact) mass is 467 g/mol. The number of aryl methyl sites for hydroxylation is 1. The molecule has 1 N–H and O–H groups in total. The maximum absolute atomic E-state index is 13.7. The average Bonchev–Trinajstić information content (AvgIpc) is 2.81. The van der Waals surface area contributed by atoms with Crippen molar-refractivity contribution in [1.82, 2.24) is 9.62 Å². The Morgan fingerprint density at radius 3 is 2.39 bits per heavy atom. The zero-order valence-corrected chi connectivity index (χ0v) is 20.1. The highest BCUT2D eigenvalue weighted by Gasteiger charge is 2.27. The van der Waals surface area contributed by atoms with Gasteiger partial charge in [-0.25, -0.2) is 17.5 Å². The molecule has 1 atom stereocenters. The zero-order chi connectivity index (χ0) is 23.6. The van der Waals surface area contributed by atoms with Gasteiger partial charge in [0.05, 0.1) is 4.90 Å². The Bertz CT molecular complexity index is 1230. The lowest BCUT2D eigenvalue weighted by atomic mass is 9.96. The fraction of sp³-hybridized carbons (Fsp3) is 0.308. The minimum absolute atomic E-state index is 0.0760. The Kier molecular flexibility index (Phi) is 6.83. The summed E-state index contributed by atoms with van der Waals surface area (Å²) in [5, 5.41) is 0. The van der Waals surface area contributed by atoms with Gasteiger partial charge in [0.1, 0.15) is 5.82 Å². The fourth-order valence-electron chi connectivity index (χ4n) is 4.29. The molecule has 1 heterocycles. The van der Waals surface area contributed by atoms with Gasteiger partial charge in [0, 0.05) is 45.5 Å². The van der Waals surface area contributed by atoms with Crippen molar-refractivity contribution in [2.45, 2.75) is 30.8 Å². The number of rotatable bonds is 7. The van der Waals surface area contributed by atoms with E-state index in [1.165, 1.54) is 29.3 Å². The number of hydrogen-bond donors (Lipinski definition) is 1. The number of fused-ring (bicyclic) bond motifs is 1. The van der Waals surface area contributed by atoms with Gasteiger partial charge >= 0.3 is 0 Å². The molecule has 33 heavy (non-hydrogen) atoms. The number of nitrogens with one attached hydrogen (secondary N) is 1. The summed E-state index contributed by atoms with van der Waals surface area (Å²) in [6, 6.07) is 20.4. The molecule has 0 aromatic heterocycles. The van der Waals surface area contributed by atoms with E-state index in [1.807, 2.05) is 25.1 Å². The molecular formula is C26H30FN3O2S. The van der Waals surface area contributed by atoms with Gasteiger partial charge in [-0.2, -0.15) is 0 Å². The highest BCUT2D eigenvalue weighted by atomic mass is 32.2. The summed E-state index contributed by atoms with van der Waals surface area (Å²) in [7, 11) is 0.211. The summed E-state index contributed by atoms with van der Waals surface area (Å²) < 4.78 is 42.4. The van der Waals surface area contributed by atoms with Crippen LogP contribution < -0.4 is 9.62 Å². The van der Waals surface area contributed by atoms with E-state index in [4.69, 9.17) is 0 Å². The van der Waals surface area contributed by atoms with E-state index in [9.17, 15) is 12.8 Å². The molecule has 1 aliphatic rings. The summed E-state index contributed by atoms with van der Waals surface area (Å²) in [4.78, 5) is 4.44. The Labute approximate surface area is 195 Å². The lowest BCUT2D eigenvalue weighted by molar-refractivity contribution is 0.180. The highest BCUT2D eigenvalue weighted by Crippen LogP contribution is 2.29. The second kappa shape index (κ2) is 9.63. The minimum Gasteiger partial charge on any atom is -0.378 e. The van der Waals surface area contributed by atoms with Crippen LogP contribution in [-0.2, 0) is 23.0 Å². The molecule has 0 fully saturated rings. The number of nitrogens with zero attached hydrogens (tertiary/aromatic N) is 2. The van der Waals surface area contributed by atoms with Crippen LogP contribution in [0.25, 0.3) is 0 Å². The third-order valence-electron chi connectivity index (χ3n) is 6.30. The van der Waals surface area contributed by atoms with Crippen LogP contribution in [0.1, 0.15) is 28.3 Å². The van der Waals surface area contributed by atoms with E-state index in [0.717, 1.165) is 30.8 Å². The quantitative estimate of drug-likeness (QED) is 0.564. The molecule has 0 saturated heterocycles. The van der Waals surface area contributed by atoms with Gasteiger partial charge in [-0.3, -0.25) is 4.90 Å². The van der Waals surface area contributed by atoms with Crippen LogP contribution in [-0.4, -0.2) is 40.5 Å². The van der Waals surface area contributed by atoms with Crippen molar-refractivity contribution in [2.24, 2.45) is 0 Å². The maximum atomic E-state index is 13.7. The molecule has 0 bridgehead atoms. The van der Waals surface area contributed by atoms with E-state index in [1.54, 1.807) is 6.92 Å². The first-order valence-electron chi connectivity index (χ1n) is 11.1. The third-order valence-corrected chi connectivity index (χ3v) is 7.72. The largest absolute Gasteiger partial charge is 0.378 e. The molecule has 1 unspecified atom stereocenters. The van der Waals surface area contributed by atoms with E-state index in [-0.39, 0.29) is 17.5 Å². The van der Waals surface area contributed by atoms with Crippen molar-refractivity contribution < 1.29 is 12.8 Å². The number of anilines is 1. The molecule has 7 heteroatoms. The molecule has 5 nitrogen and oxygen atoms in total.